The van der Waals surface area contributed by atoms with Gasteiger partial charge in [0.15, 0.2) is 0 Å². The van der Waals surface area contributed by atoms with Crippen molar-refractivity contribution in [3.05, 3.63) is 40.7 Å². The zero-order valence-corrected chi connectivity index (χ0v) is 9.31. The zero-order valence-electron chi connectivity index (χ0n) is 7.72. The lowest BCUT2D eigenvalue weighted by Crippen LogP contribution is -1.85. The van der Waals surface area contributed by atoms with Crippen molar-refractivity contribution in [1.29, 1.82) is 5.26 Å². The van der Waals surface area contributed by atoms with E-state index in [0.717, 1.165) is 16.5 Å². The molecule has 0 amide bonds. The number of nitriles is 1. The van der Waals surface area contributed by atoms with Gasteiger partial charge in [0.2, 0.25) is 0 Å². The topological polar surface area (TPSA) is 23.8 Å². The normalized spacial score (nSPS) is 11.1. The van der Waals surface area contributed by atoms with Gasteiger partial charge in [-0.2, -0.15) is 5.26 Å². The fraction of sp³-hybridized carbons (Fsp3) is 0.182. The highest BCUT2D eigenvalue weighted by atomic mass is 79.9. The zero-order chi connectivity index (χ0) is 10.6. The summed E-state index contributed by atoms with van der Waals surface area (Å²) < 4.78 is 12.9. The van der Waals surface area contributed by atoms with Crippen molar-refractivity contribution in [3.8, 4) is 6.07 Å². The van der Waals surface area contributed by atoms with Crippen molar-refractivity contribution in [2.75, 3.05) is 5.33 Å². The van der Waals surface area contributed by atoms with E-state index in [-0.39, 0.29) is 5.56 Å². The second-order valence-corrected chi connectivity index (χ2v) is 3.54. The smallest absolute Gasteiger partial charge is 0.140 e. The summed E-state index contributed by atoms with van der Waals surface area (Å²) in [5.41, 5.74) is 2.06. The maximum Gasteiger partial charge on any atom is 0.140 e. The summed E-state index contributed by atoms with van der Waals surface area (Å²) >= 11 is 3.31. The molecule has 1 rings (SSSR count). The summed E-state index contributed by atoms with van der Waals surface area (Å²) in [6.45, 7) is 1.96. The van der Waals surface area contributed by atoms with Crippen LogP contribution in [-0.2, 0) is 0 Å². The molecule has 0 bridgehead atoms. The molecule has 0 aliphatic heterocycles. The Morgan fingerprint density at radius 3 is 2.93 bits per heavy atom. The Bertz CT molecular complexity index is 404. The second kappa shape index (κ2) is 4.92. The Morgan fingerprint density at radius 1 is 1.64 bits per heavy atom. The van der Waals surface area contributed by atoms with E-state index in [1.165, 1.54) is 6.07 Å². The Hall–Kier alpha value is -1.14. The van der Waals surface area contributed by atoms with Gasteiger partial charge in [-0.05, 0) is 24.6 Å². The van der Waals surface area contributed by atoms with Gasteiger partial charge in [-0.1, -0.05) is 33.6 Å². The molecule has 0 N–H and O–H groups in total. The van der Waals surface area contributed by atoms with E-state index in [9.17, 15) is 4.39 Å². The van der Waals surface area contributed by atoms with Gasteiger partial charge in [0.05, 0.1) is 5.56 Å². The molecule has 0 saturated heterocycles. The van der Waals surface area contributed by atoms with Gasteiger partial charge in [-0.3, -0.25) is 0 Å². The van der Waals surface area contributed by atoms with Crippen LogP contribution >= 0.6 is 15.9 Å². The van der Waals surface area contributed by atoms with Gasteiger partial charge >= 0.3 is 0 Å². The van der Waals surface area contributed by atoms with Crippen LogP contribution in [0.4, 0.5) is 4.39 Å². The first-order valence-electron chi connectivity index (χ1n) is 4.10. The molecule has 1 aromatic rings. The number of hydrogen-bond donors (Lipinski definition) is 0. The first kappa shape index (κ1) is 10.9. The van der Waals surface area contributed by atoms with Crippen molar-refractivity contribution < 1.29 is 4.39 Å². The lowest BCUT2D eigenvalue weighted by atomic mass is 10.1. The van der Waals surface area contributed by atoms with Gasteiger partial charge in [0, 0.05) is 5.33 Å². The van der Waals surface area contributed by atoms with Gasteiger partial charge < -0.3 is 0 Å². The predicted molar refractivity (Wildman–Crippen MR) is 58.6 cm³/mol. The number of alkyl halides is 1. The molecule has 0 saturated carbocycles. The van der Waals surface area contributed by atoms with E-state index >= 15 is 0 Å². The van der Waals surface area contributed by atoms with Crippen LogP contribution in [0.5, 0.6) is 0 Å². The predicted octanol–water partition coefficient (Wildman–Crippen LogP) is 3.50. The Kier molecular flexibility index (Phi) is 3.84. The van der Waals surface area contributed by atoms with Crippen molar-refractivity contribution in [2.24, 2.45) is 0 Å². The molecule has 0 radical (unpaired) electrons. The van der Waals surface area contributed by atoms with Crippen LogP contribution in [0.25, 0.3) is 6.08 Å². The SMILES string of the molecule is C/C(=C/c1ccc(F)c(C#N)c1)CBr. The molecule has 0 fully saturated rings. The van der Waals surface area contributed by atoms with E-state index < -0.39 is 5.82 Å². The fourth-order valence-corrected chi connectivity index (χ4v) is 1.20. The molecular formula is C11H9BrFN. The molecule has 0 aliphatic rings. The average molecular weight is 254 g/mol. The monoisotopic (exact) mass is 253 g/mol. The summed E-state index contributed by atoms with van der Waals surface area (Å²) in [6, 6.07) is 6.32. The minimum Gasteiger partial charge on any atom is -0.206 e. The molecule has 0 heterocycles. The van der Waals surface area contributed by atoms with Gasteiger partial charge in [-0.25, -0.2) is 4.39 Å². The average Bonchev–Trinajstić information content (AvgIpc) is 2.20. The molecule has 0 unspecified atom stereocenters. The van der Waals surface area contributed by atoms with Crippen molar-refractivity contribution in [3.63, 3.8) is 0 Å². The highest BCUT2D eigenvalue weighted by molar-refractivity contribution is 9.09. The van der Waals surface area contributed by atoms with Crippen LogP contribution in [0.3, 0.4) is 0 Å². The summed E-state index contributed by atoms with van der Waals surface area (Å²) in [5.74, 6) is -0.471. The molecule has 0 aliphatic carbocycles. The van der Waals surface area contributed by atoms with E-state index in [2.05, 4.69) is 15.9 Å². The Morgan fingerprint density at radius 2 is 2.36 bits per heavy atom. The van der Waals surface area contributed by atoms with E-state index in [1.807, 2.05) is 19.1 Å². The van der Waals surface area contributed by atoms with Crippen LogP contribution in [0, 0.1) is 17.1 Å². The van der Waals surface area contributed by atoms with E-state index in [1.54, 1.807) is 12.1 Å². The van der Waals surface area contributed by atoms with Gasteiger partial charge in [-0.15, -0.1) is 0 Å². The molecule has 0 aromatic heterocycles. The quantitative estimate of drug-likeness (QED) is 0.741. The molecule has 0 spiro atoms. The van der Waals surface area contributed by atoms with Crippen LogP contribution in [0.2, 0.25) is 0 Å². The third-order valence-corrected chi connectivity index (χ3v) is 2.62. The highest BCUT2D eigenvalue weighted by Crippen LogP contribution is 2.13. The van der Waals surface area contributed by atoms with Crippen molar-refractivity contribution in [2.45, 2.75) is 6.92 Å². The van der Waals surface area contributed by atoms with Gasteiger partial charge in [0.25, 0.3) is 0 Å². The number of benzene rings is 1. The Labute approximate surface area is 91.0 Å². The molecule has 1 aromatic carbocycles. The van der Waals surface area contributed by atoms with Crippen molar-refractivity contribution in [1.82, 2.24) is 0 Å². The lowest BCUT2D eigenvalue weighted by molar-refractivity contribution is 0.624. The number of nitrogens with zero attached hydrogens (tertiary/aromatic N) is 1. The van der Waals surface area contributed by atoms with Crippen LogP contribution in [-0.4, -0.2) is 5.33 Å². The molecule has 1 nitrogen and oxygen atoms in total. The van der Waals surface area contributed by atoms with E-state index in [4.69, 9.17) is 5.26 Å². The number of rotatable bonds is 2. The third kappa shape index (κ3) is 2.68. The minimum absolute atomic E-state index is 0.0844. The summed E-state index contributed by atoms with van der Waals surface area (Å²) in [6.07, 6.45) is 1.91. The van der Waals surface area contributed by atoms with Crippen molar-refractivity contribution >= 4 is 22.0 Å². The van der Waals surface area contributed by atoms with E-state index in [0.29, 0.717) is 0 Å². The number of hydrogen-bond acceptors (Lipinski definition) is 1. The lowest BCUT2D eigenvalue weighted by Gasteiger charge is -1.98. The molecule has 14 heavy (non-hydrogen) atoms. The van der Waals surface area contributed by atoms with Crippen LogP contribution < -0.4 is 0 Å². The van der Waals surface area contributed by atoms with Crippen LogP contribution in [0.1, 0.15) is 18.1 Å². The number of allylic oxidation sites excluding steroid dienone is 1. The summed E-state index contributed by atoms with van der Waals surface area (Å²) in [7, 11) is 0. The largest absolute Gasteiger partial charge is 0.206 e. The third-order valence-electron chi connectivity index (χ3n) is 1.73. The first-order chi connectivity index (χ1) is 6.67. The molecular weight excluding hydrogens is 245 g/mol. The fourth-order valence-electron chi connectivity index (χ4n) is 1.04. The minimum atomic E-state index is -0.471. The van der Waals surface area contributed by atoms with Gasteiger partial charge in [0.1, 0.15) is 11.9 Å². The first-order valence-corrected chi connectivity index (χ1v) is 5.22. The summed E-state index contributed by atoms with van der Waals surface area (Å²) in [5, 5.41) is 9.38. The molecule has 72 valence electrons. The second-order valence-electron chi connectivity index (χ2n) is 2.98. The standard InChI is InChI=1S/C11H9BrFN/c1-8(6-12)4-9-2-3-11(13)10(5-9)7-14/h2-5H,6H2,1H3/b8-4-. The Balaban J connectivity index is 3.09. The maximum absolute atomic E-state index is 12.9. The summed E-state index contributed by atoms with van der Waals surface area (Å²) in [4.78, 5) is 0. The molecule has 0 atom stereocenters. The highest BCUT2D eigenvalue weighted by Gasteiger charge is 2.00. The molecule has 3 heteroatoms. The number of halogens is 2. The van der Waals surface area contributed by atoms with Crippen LogP contribution in [0.15, 0.2) is 23.8 Å². The maximum atomic E-state index is 12.9.